The van der Waals surface area contributed by atoms with Crippen molar-refractivity contribution in [2.24, 2.45) is 0 Å². The van der Waals surface area contributed by atoms with Crippen molar-refractivity contribution in [1.82, 2.24) is 25.5 Å². The van der Waals surface area contributed by atoms with E-state index in [1.54, 1.807) is 16.8 Å². The van der Waals surface area contributed by atoms with Crippen molar-refractivity contribution in [1.29, 1.82) is 0 Å². The lowest BCUT2D eigenvalue weighted by Crippen LogP contribution is -2.05. The molecule has 1 aliphatic carbocycles. The first-order valence-electron chi connectivity index (χ1n) is 6.16. The summed E-state index contributed by atoms with van der Waals surface area (Å²) in [6, 6.07) is 5.62. The van der Waals surface area contributed by atoms with Crippen LogP contribution in [0.2, 0.25) is 0 Å². The molecule has 1 N–H and O–H groups in total. The number of hydrogen-bond acceptors (Lipinski definition) is 5. The van der Waals surface area contributed by atoms with Crippen LogP contribution in [0.15, 0.2) is 28.3 Å². The fraction of sp³-hybridized carbons (Fsp3) is 0.417. The normalized spacial score (nSPS) is 14.8. The van der Waals surface area contributed by atoms with Crippen LogP contribution in [0.25, 0.3) is 0 Å². The Morgan fingerprint density at radius 2 is 2.32 bits per heavy atom. The van der Waals surface area contributed by atoms with Gasteiger partial charge in [0, 0.05) is 6.54 Å². The molecule has 0 bridgehead atoms. The maximum Gasteiger partial charge on any atom is 0.214 e. The zero-order valence-corrected chi connectivity index (χ0v) is 11.3. The summed E-state index contributed by atoms with van der Waals surface area (Å²) in [5, 5.41) is 15.2. The van der Waals surface area contributed by atoms with E-state index < -0.39 is 0 Å². The van der Waals surface area contributed by atoms with Crippen molar-refractivity contribution in [2.75, 3.05) is 7.05 Å². The van der Waals surface area contributed by atoms with Crippen LogP contribution in [0.3, 0.4) is 0 Å². The summed E-state index contributed by atoms with van der Waals surface area (Å²) >= 11 is 1.27. The molecule has 0 saturated heterocycles. The first kappa shape index (κ1) is 12.6. The highest BCUT2D eigenvalue weighted by atomic mass is 32.2. The molecule has 7 heteroatoms. The molecule has 19 heavy (non-hydrogen) atoms. The Morgan fingerprint density at radius 3 is 3.00 bits per heavy atom. The van der Waals surface area contributed by atoms with Gasteiger partial charge in [-0.05, 0) is 59.8 Å². The van der Waals surface area contributed by atoms with Crippen molar-refractivity contribution in [3.05, 3.63) is 29.6 Å². The van der Waals surface area contributed by atoms with Crippen LogP contribution < -0.4 is 5.32 Å². The third-order valence-corrected chi connectivity index (χ3v) is 3.94. The van der Waals surface area contributed by atoms with Gasteiger partial charge < -0.3 is 5.32 Å². The second kappa shape index (κ2) is 5.26. The predicted octanol–water partition coefficient (Wildman–Crippen LogP) is 2.02. The Hall–Kier alpha value is -1.47. The zero-order valence-electron chi connectivity index (χ0n) is 10.5. The minimum absolute atomic E-state index is 0.233. The number of aromatic nitrogens is 4. The molecule has 1 fully saturated rings. The van der Waals surface area contributed by atoms with E-state index in [0.29, 0.717) is 22.6 Å². The molecule has 0 atom stereocenters. The highest BCUT2D eigenvalue weighted by Gasteiger charge is 2.28. The summed E-state index contributed by atoms with van der Waals surface area (Å²) in [6.45, 7) is 0.654. The number of nitrogens with one attached hydrogen (secondary N) is 1. The number of rotatable bonds is 5. The fourth-order valence-corrected chi connectivity index (χ4v) is 2.69. The van der Waals surface area contributed by atoms with Gasteiger partial charge in [-0.3, -0.25) is 0 Å². The molecular weight excluding hydrogens is 265 g/mol. The highest BCUT2D eigenvalue weighted by molar-refractivity contribution is 7.99. The second-order valence-corrected chi connectivity index (χ2v) is 5.54. The Balaban J connectivity index is 1.80. The summed E-state index contributed by atoms with van der Waals surface area (Å²) in [6.07, 6.45) is 2.20. The van der Waals surface area contributed by atoms with Crippen molar-refractivity contribution in [3.8, 4) is 0 Å². The summed E-state index contributed by atoms with van der Waals surface area (Å²) in [7, 11) is 1.84. The van der Waals surface area contributed by atoms with Gasteiger partial charge in [0.25, 0.3) is 0 Å². The van der Waals surface area contributed by atoms with Crippen molar-refractivity contribution in [3.63, 3.8) is 0 Å². The average molecular weight is 279 g/mol. The van der Waals surface area contributed by atoms with Crippen LogP contribution in [-0.4, -0.2) is 27.3 Å². The lowest BCUT2D eigenvalue weighted by Gasteiger charge is -2.05. The average Bonchev–Trinajstić information content (AvgIpc) is 3.14. The van der Waals surface area contributed by atoms with Gasteiger partial charge in [0.2, 0.25) is 5.16 Å². The third-order valence-electron chi connectivity index (χ3n) is 2.93. The van der Waals surface area contributed by atoms with Crippen molar-refractivity contribution < 1.29 is 4.39 Å². The standard InChI is InChI=1S/C12H14FN5S/c1-14-7-8-2-5-11(10(13)6-8)19-12-15-16-17-18(12)9-3-4-9/h2,5-6,9,14H,3-4,7H2,1H3. The van der Waals surface area contributed by atoms with Crippen LogP contribution in [0, 0.1) is 5.82 Å². The quantitative estimate of drug-likeness (QED) is 0.907. The van der Waals surface area contributed by atoms with E-state index in [0.717, 1.165) is 18.4 Å². The number of benzene rings is 1. The number of halogens is 1. The largest absolute Gasteiger partial charge is 0.316 e. The van der Waals surface area contributed by atoms with Crippen LogP contribution in [-0.2, 0) is 6.54 Å². The number of tetrazole rings is 1. The van der Waals surface area contributed by atoms with Gasteiger partial charge in [0.15, 0.2) is 0 Å². The van der Waals surface area contributed by atoms with E-state index in [2.05, 4.69) is 20.8 Å². The van der Waals surface area contributed by atoms with E-state index >= 15 is 0 Å². The Bertz CT molecular complexity index is 581. The molecule has 0 spiro atoms. The minimum Gasteiger partial charge on any atom is -0.316 e. The first-order valence-corrected chi connectivity index (χ1v) is 6.98. The van der Waals surface area contributed by atoms with Gasteiger partial charge in [-0.1, -0.05) is 6.07 Å². The summed E-state index contributed by atoms with van der Waals surface area (Å²) in [4.78, 5) is 0.552. The van der Waals surface area contributed by atoms with Crippen molar-refractivity contribution >= 4 is 11.8 Å². The zero-order chi connectivity index (χ0) is 13.2. The van der Waals surface area contributed by atoms with Gasteiger partial charge in [0.1, 0.15) is 5.82 Å². The molecule has 0 amide bonds. The predicted molar refractivity (Wildman–Crippen MR) is 69.4 cm³/mol. The molecule has 2 aromatic rings. The van der Waals surface area contributed by atoms with Crippen LogP contribution >= 0.6 is 11.8 Å². The van der Waals surface area contributed by atoms with E-state index in [1.807, 2.05) is 13.1 Å². The van der Waals surface area contributed by atoms with E-state index in [4.69, 9.17) is 0 Å². The molecule has 0 aliphatic heterocycles. The Labute approximate surface area is 114 Å². The second-order valence-electron chi connectivity index (χ2n) is 4.53. The highest BCUT2D eigenvalue weighted by Crippen LogP contribution is 2.38. The summed E-state index contributed by atoms with van der Waals surface area (Å²) in [5.74, 6) is -0.233. The molecule has 1 saturated carbocycles. The van der Waals surface area contributed by atoms with E-state index in [-0.39, 0.29) is 5.82 Å². The molecule has 1 aromatic heterocycles. The lowest BCUT2D eigenvalue weighted by molar-refractivity contribution is 0.563. The van der Waals surface area contributed by atoms with Gasteiger partial charge in [0.05, 0.1) is 10.9 Å². The SMILES string of the molecule is CNCc1ccc(Sc2nnnn2C2CC2)c(F)c1. The van der Waals surface area contributed by atoms with Gasteiger partial charge in [-0.2, -0.15) is 0 Å². The monoisotopic (exact) mass is 279 g/mol. The Kier molecular flexibility index (Phi) is 3.48. The topological polar surface area (TPSA) is 55.6 Å². The van der Waals surface area contributed by atoms with Crippen molar-refractivity contribution in [2.45, 2.75) is 35.5 Å². The minimum atomic E-state index is -0.233. The molecule has 1 aliphatic rings. The molecule has 0 radical (unpaired) electrons. The smallest absolute Gasteiger partial charge is 0.214 e. The molecule has 0 unspecified atom stereocenters. The third kappa shape index (κ3) is 2.76. The molecule has 1 heterocycles. The first-order chi connectivity index (χ1) is 9.28. The molecule has 3 rings (SSSR count). The molecule has 5 nitrogen and oxygen atoms in total. The lowest BCUT2D eigenvalue weighted by atomic mass is 10.2. The number of hydrogen-bond donors (Lipinski definition) is 1. The van der Waals surface area contributed by atoms with E-state index in [1.165, 1.54) is 11.8 Å². The van der Waals surface area contributed by atoms with E-state index in [9.17, 15) is 4.39 Å². The van der Waals surface area contributed by atoms with Crippen LogP contribution in [0.4, 0.5) is 4.39 Å². The molecule has 100 valence electrons. The molecular formula is C12H14FN5S. The summed E-state index contributed by atoms with van der Waals surface area (Å²) < 4.78 is 15.8. The van der Waals surface area contributed by atoms with Gasteiger partial charge >= 0.3 is 0 Å². The fourth-order valence-electron chi connectivity index (χ4n) is 1.84. The number of nitrogens with zero attached hydrogens (tertiary/aromatic N) is 4. The maximum absolute atomic E-state index is 14.0. The van der Waals surface area contributed by atoms with Gasteiger partial charge in [-0.25, -0.2) is 9.07 Å². The summed E-state index contributed by atoms with van der Waals surface area (Å²) in [5.41, 5.74) is 0.922. The Morgan fingerprint density at radius 1 is 1.47 bits per heavy atom. The van der Waals surface area contributed by atoms with Crippen LogP contribution in [0.1, 0.15) is 24.4 Å². The van der Waals surface area contributed by atoms with Crippen LogP contribution in [0.5, 0.6) is 0 Å². The molecule has 1 aromatic carbocycles. The maximum atomic E-state index is 14.0. The van der Waals surface area contributed by atoms with Gasteiger partial charge in [-0.15, -0.1) is 5.10 Å².